The van der Waals surface area contributed by atoms with Gasteiger partial charge in [-0.2, -0.15) is 0 Å². The average molecular weight is 297 g/mol. The van der Waals surface area contributed by atoms with Gasteiger partial charge in [-0.05, 0) is 45.9 Å². The maximum Gasteiger partial charge on any atom is 0.205 e. The number of nitrogens with zero attached hydrogens (tertiary/aromatic N) is 4. The van der Waals surface area contributed by atoms with Gasteiger partial charge in [0.1, 0.15) is 5.01 Å². The van der Waals surface area contributed by atoms with Crippen molar-refractivity contribution < 1.29 is 0 Å². The number of rotatable bonds is 7. The van der Waals surface area contributed by atoms with Crippen LogP contribution in [-0.2, 0) is 6.54 Å². The van der Waals surface area contributed by atoms with Crippen LogP contribution in [0.3, 0.4) is 0 Å². The van der Waals surface area contributed by atoms with Crippen LogP contribution in [0.1, 0.15) is 38.1 Å². The molecule has 6 heteroatoms. The molecule has 0 bridgehead atoms. The second-order valence-corrected chi connectivity index (χ2v) is 6.57. The molecule has 1 aromatic heterocycles. The third-order valence-corrected chi connectivity index (χ3v) is 4.87. The van der Waals surface area contributed by atoms with Crippen molar-refractivity contribution in [1.29, 1.82) is 0 Å². The summed E-state index contributed by atoms with van der Waals surface area (Å²) in [5, 5.41) is 13.9. The molecule has 1 saturated heterocycles. The van der Waals surface area contributed by atoms with Crippen molar-refractivity contribution >= 4 is 16.5 Å². The molecule has 1 N–H and O–H groups in total. The molecule has 1 aliphatic rings. The molecule has 0 unspecified atom stereocenters. The van der Waals surface area contributed by atoms with Gasteiger partial charge in [-0.15, -0.1) is 10.2 Å². The molecule has 1 fully saturated rings. The number of nitrogens with one attached hydrogen (secondary N) is 1. The molecule has 1 aromatic rings. The van der Waals surface area contributed by atoms with E-state index in [1.165, 1.54) is 32.5 Å². The summed E-state index contributed by atoms with van der Waals surface area (Å²) in [6, 6.07) is 0.689. The second kappa shape index (κ2) is 7.90. The Labute approximate surface area is 126 Å². The summed E-state index contributed by atoms with van der Waals surface area (Å²) in [6.45, 7) is 9.93. The summed E-state index contributed by atoms with van der Waals surface area (Å²) in [5.74, 6) is 0. The smallest absolute Gasteiger partial charge is 0.205 e. The van der Waals surface area contributed by atoms with Gasteiger partial charge in [0.05, 0.1) is 6.54 Å². The van der Waals surface area contributed by atoms with Crippen molar-refractivity contribution in [3.63, 3.8) is 0 Å². The lowest BCUT2D eigenvalue weighted by molar-refractivity contribution is 0.127. The predicted octanol–water partition coefficient (Wildman–Crippen LogP) is 2.28. The molecule has 2 rings (SSSR count). The topological polar surface area (TPSA) is 44.3 Å². The Balaban J connectivity index is 1.79. The lowest BCUT2D eigenvalue weighted by Gasteiger charge is -2.35. The molecule has 1 aliphatic heterocycles. The van der Waals surface area contributed by atoms with Gasteiger partial charge in [-0.25, -0.2) is 0 Å². The summed E-state index contributed by atoms with van der Waals surface area (Å²) in [4.78, 5) is 4.97. The van der Waals surface area contributed by atoms with E-state index < -0.39 is 0 Å². The van der Waals surface area contributed by atoms with Crippen molar-refractivity contribution in [2.75, 3.05) is 38.5 Å². The van der Waals surface area contributed by atoms with Gasteiger partial charge in [0.25, 0.3) is 0 Å². The molecule has 0 aliphatic carbocycles. The zero-order chi connectivity index (χ0) is 14.4. The zero-order valence-corrected chi connectivity index (χ0v) is 13.7. The number of aromatic nitrogens is 2. The number of hydrogen-bond donors (Lipinski definition) is 1. The minimum atomic E-state index is 0.689. The lowest BCUT2D eigenvalue weighted by Crippen LogP contribution is -2.42. The van der Waals surface area contributed by atoms with E-state index in [0.717, 1.165) is 29.6 Å². The molecular weight excluding hydrogens is 270 g/mol. The molecule has 5 nitrogen and oxygen atoms in total. The Morgan fingerprint density at radius 3 is 2.70 bits per heavy atom. The standard InChI is InChI=1S/C14H27N5S/c1-4-8-15-14-17-16-13(20-14)11-18(3)12-6-9-19(5-2)10-7-12/h12H,4-11H2,1-3H3,(H,15,17). The highest BCUT2D eigenvalue weighted by Crippen LogP contribution is 2.20. The van der Waals surface area contributed by atoms with E-state index >= 15 is 0 Å². The van der Waals surface area contributed by atoms with Crippen LogP contribution in [-0.4, -0.2) is 59.3 Å². The fourth-order valence-electron chi connectivity index (χ4n) is 2.64. The van der Waals surface area contributed by atoms with Gasteiger partial charge in [0.15, 0.2) is 0 Å². The minimum absolute atomic E-state index is 0.689. The quantitative estimate of drug-likeness (QED) is 0.836. The molecule has 0 aromatic carbocycles. The number of likely N-dealkylation sites (tertiary alicyclic amines) is 1. The van der Waals surface area contributed by atoms with E-state index in [1.54, 1.807) is 11.3 Å². The van der Waals surface area contributed by atoms with Crippen LogP contribution >= 0.6 is 11.3 Å². The molecule has 0 radical (unpaired) electrons. The van der Waals surface area contributed by atoms with Gasteiger partial charge in [-0.3, -0.25) is 4.90 Å². The van der Waals surface area contributed by atoms with Crippen LogP contribution in [0.25, 0.3) is 0 Å². The van der Waals surface area contributed by atoms with E-state index in [2.05, 4.69) is 46.2 Å². The highest BCUT2D eigenvalue weighted by Gasteiger charge is 2.22. The van der Waals surface area contributed by atoms with E-state index in [9.17, 15) is 0 Å². The Hall–Kier alpha value is -0.720. The summed E-state index contributed by atoms with van der Waals surface area (Å²) in [5.41, 5.74) is 0. The number of piperidine rings is 1. The van der Waals surface area contributed by atoms with Crippen LogP contribution < -0.4 is 5.32 Å². The number of anilines is 1. The van der Waals surface area contributed by atoms with Crippen LogP contribution in [0.4, 0.5) is 5.13 Å². The maximum atomic E-state index is 4.29. The average Bonchev–Trinajstić information content (AvgIpc) is 2.92. The van der Waals surface area contributed by atoms with Crippen molar-refractivity contribution in [3.8, 4) is 0 Å². The first-order chi connectivity index (χ1) is 9.72. The lowest BCUT2D eigenvalue weighted by atomic mass is 10.0. The first-order valence-electron chi connectivity index (χ1n) is 7.71. The predicted molar refractivity (Wildman–Crippen MR) is 85.3 cm³/mol. The normalized spacial score (nSPS) is 17.8. The molecule has 0 spiro atoms. The minimum Gasteiger partial charge on any atom is -0.360 e. The third-order valence-electron chi connectivity index (χ3n) is 4.01. The van der Waals surface area contributed by atoms with Gasteiger partial charge in [-0.1, -0.05) is 25.2 Å². The fraction of sp³-hybridized carbons (Fsp3) is 0.857. The summed E-state index contributed by atoms with van der Waals surface area (Å²) in [6.07, 6.45) is 3.65. The van der Waals surface area contributed by atoms with Gasteiger partial charge < -0.3 is 10.2 Å². The Morgan fingerprint density at radius 2 is 2.05 bits per heavy atom. The zero-order valence-electron chi connectivity index (χ0n) is 12.9. The maximum absolute atomic E-state index is 4.29. The van der Waals surface area contributed by atoms with E-state index in [0.29, 0.717) is 6.04 Å². The van der Waals surface area contributed by atoms with Crippen molar-refractivity contribution in [1.82, 2.24) is 20.0 Å². The first kappa shape index (κ1) is 15.7. The highest BCUT2D eigenvalue weighted by molar-refractivity contribution is 7.15. The van der Waals surface area contributed by atoms with Gasteiger partial charge in [0.2, 0.25) is 5.13 Å². The van der Waals surface area contributed by atoms with E-state index in [-0.39, 0.29) is 0 Å². The third kappa shape index (κ3) is 4.40. The first-order valence-corrected chi connectivity index (χ1v) is 8.53. The van der Waals surface area contributed by atoms with Crippen molar-refractivity contribution in [2.24, 2.45) is 0 Å². The Morgan fingerprint density at radius 1 is 1.30 bits per heavy atom. The van der Waals surface area contributed by atoms with Gasteiger partial charge in [0, 0.05) is 12.6 Å². The monoisotopic (exact) mass is 297 g/mol. The fourth-order valence-corrected chi connectivity index (χ4v) is 3.47. The largest absolute Gasteiger partial charge is 0.360 e. The molecule has 0 atom stereocenters. The van der Waals surface area contributed by atoms with Gasteiger partial charge >= 0.3 is 0 Å². The van der Waals surface area contributed by atoms with Crippen LogP contribution in [0.15, 0.2) is 0 Å². The Kier molecular flexibility index (Phi) is 6.19. The summed E-state index contributed by atoms with van der Waals surface area (Å²) in [7, 11) is 2.22. The molecule has 114 valence electrons. The van der Waals surface area contributed by atoms with Crippen LogP contribution in [0.2, 0.25) is 0 Å². The van der Waals surface area contributed by atoms with E-state index in [4.69, 9.17) is 0 Å². The Bertz CT molecular complexity index is 387. The number of hydrogen-bond acceptors (Lipinski definition) is 6. The SMILES string of the molecule is CCCNc1nnc(CN(C)C2CCN(CC)CC2)s1. The van der Waals surface area contributed by atoms with Crippen LogP contribution in [0.5, 0.6) is 0 Å². The molecular formula is C14H27N5S. The molecule has 20 heavy (non-hydrogen) atoms. The summed E-state index contributed by atoms with van der Waals surface area (Å²) >= 11 is 1.68. The molecule has 0 amide bonds. The highest BCUT2D eigenvalue weighted by atomic mass is 32.1. The molecule has 0 saturated carbocycles. The van der Waals surface area contributed by atoms with Crippen LogP contribution in [0, 0.1) is 0 Å². The summed E-state index contributed by atoms with van der Waals surface area (Å²) < 4.78 is 0. The van der Waals surface area contributed by atoms with Crippen molar-refractivity contribution in [2.45, 2.75) is 45.7 Å². The molecule has 2 heterocycles. The van der Waals surface area contributed by atoms with Crippen molar-refractivity contribution in [3.05, 3.63) is 5.01 Å². The van der Waals surface area contributed by atoms with E-state index in [1.807, 2.05) is 0 Å². The second-order valence-electron chi connectivity index (χ2n) is 5.51.